The second-order valence-corrected chi connectivity index (χ2v) is 6.46. The van der Waals surface area contributed by atoms with Gasteiger partial charge in [0.15, 0.2) is 5.13 Å². The average molecular weight is 353 g/mol. The molecule has 1 amide bonds. The number of carbonyl (C=O) groups is 1. The van der Waals surface area contributed by atoms with Crippen molar-refractivity contribution >= 4 is 22.4 Å². The maximum Gasteiger partial charge on any atom is 0.226 e. The molecule has 0 saturated carbocycles. The van der Waals surface area contributed by atoms with Crippen molar-refractivity contribution in [2.45, 2.75) is 19.8 Å². The first kappa shape index (κ1) is 17.1. The number of hydrogen-bond acceptors (Lipinski definition) is 5. The highest BCUT2D eigenvalue weighted by atomic mass is 32.1. The first-order valence-corrected chi connectivity index (χ1v) is 8.88. The highest BCUT2D eigenvalue weighted by Crippen LogP contribution is 2.39. The summed E-state index contributed by atoms with van der Waals surface area (Å²) >= 11 is 1.47. The van der Waals surface area contributed by atoms with Gasteiger partial charge in [-0.3, -0.25) is 9.78 Å². The van der Waals surface area contributed by atoms with E-state index in [1.54, 1.807) is 19.5 Å². The molecule has 3 rings (SSSR count). The van der Waals surface area contributed by atoms with E-state index < -0.39 is 0 Å². The molecule has 3 aromatic rings. The summed E-state index contributed by atoms with van der Waals surface area (Å²) in [6.45, 7) is 1.98. The maximum atomic E-state index is 11.9. The molecule has 1 N–H and O–H groups in total. The Bertz CT molecular complexity index is 845. The summed E-state index contributed by atoms with van der Waals surface area (Å²) in [5, 5.41) is 3.50. The van der Waals surface area contributed by atoms with Crippen LogP contribution in [0.1, 0.15) is 19.8 Å². The van der Waals surface area contributed by atoms with Crippen LogP contribution in [0.2, 0.25) is 0 Å². The Labute approximate surface area is 150 Å². The predicted molar refractivity (Wildman–Crippen MR) is 101 cm³/mol. The normalized spacial score (nSPS) is 10.5. The quantitative estimate of drug-likeness (QED) is 0.702. The van der Waals surface area contributed by atoms with Gasteiger partial charge in [0.2, 0.25) is 5.91 Å². The number of hydrogen-bond donors (Lipinski definition) is 1. The maximum absolute atomic E-state index is 11.9. The van der Waals surface area contributed by atoms with Crippen LogP contribution in [-0.2, 0) is 4.79 Å². The number of rotatable bonds is 6. The summed E-state index contributed by atoms with van der Waals surface area (Å²) in [4.78, 5) is 21.7. The highest BCUT2D eigenvalue weighted by Gasteiger charge is 2.16. The third kappa shape index (κ3) is 4.03. The fourth-order valence-electron chi connectivity index (χ4n) is 2.43. The van der Waals surface area contributed by atoms with E-state index in [2.05, 4.69) is 15.3 Å². The van der Waals surface area contributed by atoms with Gasteiger partial charge < -0.3 is 10.1 Å². The Morgan fingerprint density at radius 3 is 2.48 bits per heavy atom. The molecule has 6 heteroatoms. The van der Waals surface area contributed by atoms with Crippen molar-refractivity contribution in [1.29, 1.82) is 0 Å². The average Bonchev–Trinajstić information content (AvgIpc) is 3.06. The van der Waals surface area contributed by atoms with Crippen LogP contribution in [-0.4, -0.2) is 23.0 Å². The molecule has 2 aromatic heterocycles. The first-order valence-electron chi connectivity index (χ1n) is 8.06. The smallest absolute Gasteiger partial charge is 0.226 e. The van der Waals surface area contributed by atoms with Gasteiger partial charge in [-0.05, 0) is 48.4 Å². The molecule has 128 valence electrons. The second-order valence-electron chi connectivity index (χ2n) is 5.46. The molecule has 0 fully saturated rings. The van der Waals surface area contributed by atoms with Gasteiger partial charge in [-0.2, -0.15) is 0 Å². The third-order valence-corrected chi connectivity index (χ3v) is 4.68. The molecule has 0 saturated heterocycles. The van der Waals surface area contributed by atoms with E-state index in [0.717, 1.165) is 33.9 Å². The number of thiazole rings is 1. The van der Waals surface area contributed by atoms with Gasteiger partial charge >= 0.3 is 0 Å². The van der Waals surface area contributed by atoms with Crippen molar-refractivity contribution in [3.63, 3.8) is 0 Å². The largest absolute Gasteiger partial charge is 0.497 e. The molecule has 0 aliphatic heterocycles. The first-order chi connectivity index (χ1) is 12.2. The second kappa shape index (κ2) is 7.90. The highest BCUT2D eigenvalue weighted by molar-refractivity contribution is 7.19. The molecular weight excluding hydrogens is 334 g/mol. The van der Waals surface area contributed by atoms with Crippen LogP contribution in [0, 0.1) is 0 Å². The molecule has 0 aliphatic rings. The molecule has 0 atom stereocenters. The molecule has 0 aliphatic carbocycles. The fraction of sp³-hybridized carbons (Fsp3) is 0.211. The van der Waals surface area contributed by atoms with Gasteiger partial charge in [-0.15, -0.1) is 0 Å². The minimum absolute atomic E-state index is 0.0150. The van der Waals surface area contributed by atoms with Crippen molar-refractivity contribution in [3.8, 4) is 27.4 Å². The summed E-state index contributed by atoms with van der Waals surface area (Å²) in [6, 6.07) is 11.6. The van der Waals surface area contributed by atoms with Crippen LogP contribution >= 0.6 is 11.3 Å². The number of nitrogens with zero attached hydrogens (tertiary/aromatic N) is 2. The van der Waals surface area contributed by atoms with Crippen LogP contribution in [0.4, 0.5) is 5.13 Å². The zero-order valence-corrected chi connectivity index (χ0v) is 15.0. The zero-order chi connectivity index (χ0) is 17.6. The molecular formula is C19H19N3O2S. The number of anilines is 1. The van der Waals surface area contributed by atoms with Gasteiger partial charge in [0.05, 0.1) is 17.7 Å². The van der Waals surface area contributed by atoms with E-state index in [4.69, 9.17) is 4.74 Å². The van der Waals surface area contributed by atoms with Crippen molar-refractivity contribution in [1.82, 2.24) is 9.97 Å². The summed E-state index contributed by atoms with van der Waals surface area (Å²) < 4.78 is 5.22. The number of methoxy groups -OCH3 is 1. The zero-order valence-electron chi connectivity index (χ0n) is 14.2. The lowest BCUT2D eigenvalue weighted by atomic mass is 10.1. The Morgan fingerprint density at radius 2 is 1.84 bits per heavy atom. The van der Waals surface area contributed by atoms with Gasteiger partial charge in [0.25, 0.3) is 0 Å². The Kier molecular flexibility index (Phi) is 5.40. The van der Waals surface area contributed by atoms with Crippen molar-refractivity contribution in [2.75, 3.05) is 12.4 Å². The standard InChI is InChI=1S/C19H19N3O2S/c1-3-4-16(23)21-19-22-17(13-5-7-15(24-2)8-6-13)18(25-19)14-9-11-20-12-10-14/h5-12H,3-4H2,1-2H3,(H,21,22,23). The third-order valence-electron chi connectivity index (χ3n) is 3.66. The number of ether oxygens (including phenoxy) is 1. The van der Waals surface area contributed by atoms with Crippen LogP contribution in [0.15, 0.2) is 48.8 Å². The lowest BCUT2D eigenvalue weighted by Crippen LogP contribution is -2.10. The van der Waals surface area contributed by atoms with Gasteiger partial charge in [0, 0.05) is 24.4 Å². The number of benzene rings is 1. The van der Waals surface area contributed by atoms with Crippen molar-refractivity contribution in [3.05, 3.63) is 48.8 Å². The van der Waals surface area contributed by atoms with E-state index in [0.29, 0.717) is 11.6 Å². The number of aromatic nitrogens is 2. The lowest BCUT2D eigenvalue weighted by Gasteiger charge is -2.04. The number of nitrogens with one attached hydrogen (secondary N) is 1. The number of amides is 1. The van der Waals surface area contributed by atoms with Crippen molar-refractivity contribution in [2.24, 2.45) is 0 Å². The van der Waals surface area contributed by atoms with Crippen LogP contribution < -0.4 is 10.1 Å². The van der Waals surface area contributed by atoms with Crippen LogP contribution in [0.3, 0.4) is 0 Å². The van der Waals surface area contributed by atoms with E-state index in [1.807, 2.05) is 43.3 Å². The van der Waals surface area contributed by atoms with E-state index >= 15 is 0 Å². The Morgan fingerprint density at radius 1 is 1.12 bits per heavy atom. The molecule has 0 unspecified atom stereocenters. The SMILES string of the molecule is CCCC(=O)Nc1nc(-c2ccc(OC)cc2)c(-c2ccncc2)s1. The monoisotopic (exact) mass is 353 g/mol. The fourth-order valence-corrected chi connectivity index (χ4v) is 3.44. The molecule has 0 bridgehead atoms. The summed E-state index contributed by atoms with van der Waals surface area (Å²) in [5.74, 6) is 0.778. The Balaban J connectivity index is 2.01. The molecule has 25 heavy (non-hydrogen) atoms. The van der Waals surface area contributed by atoms with Crippen LogP contribution in [0.25, 0.3) is 21.7 Å². The topological polar surface area (TPSA) is 64.1 Å². The van der Waals surface area contributed by atoms with E-state index in [9.17, 15) is 4.79 Å². The summed E-state index contributed by atoms with van der Waals surface area (Å²) in [5.41, 5.74) is 2.83. The molecule has 5 nitrogen and oxygen atoms in total. The van der Waals surface area contributed by atoms with E-state index in [-0.39, 0.29) is 5.91 Å². The number of carbonyl (C=O) groups excluding carboxylic acids is 1. The van der Waals surface area contributed by atoms with Gasteiger partial charge in [-0.25, -0.2) is 4.98 Å². The summed E-state index contributed by atoms with van der Waals surface area (Å²) in [7, 11) is 1.64. The molecule has 0 radical (unpaired) electrons. The molecule has 2 heterocycles. The minimum atomic E-state index is -0.0150. The predicted octanol–water partition coefficient (Wildman–Crippen LogP) is 4.62. The van der Waals surface area contributed by atoms with Crippen LogP contribution in [0.5, 0.6) is 5.75 Å². The van der Waals surface area contributed by atoms with E-state index in [1.165, 1.54) is 11.3 Å². The lowest BCUT2D eigenvalue weighted by molar-refractivity contribution is -0.116. The summed E-state index contributed by atoms with van der Waals surface area (Å²) in [6.07, 6.45) is 4.80. The molecule has 1 aromatic carbocycles. The van der Waals surface area contributed by atoms with Gasteiger partial charge in [0.1, 0.15) is 5.75 Å². The number of pyridine rings is 1. The minimum Gasteiger partial charge on any atom is -0.497 e. The Hall–Kier alpha value is -2.73. The van der Waals surface area contributed by atoms with Crippen molar-refractivity contribution < 1.29 is 9.53 Å². The van der Waals surface area contributed by atoms with Gasteiger partial charge in [-0.1, -0.05) is 18.3 Å². The molecule has 0 spiro atoms.